The van der Waals surface area contributed by atoms with Crippen molar-refractivity contribution in [1.29, 1.82) is 0 Å². The van der Waals surface area contributed by atoms with Crippen molar-refractivity contribution in [2.45, 2.75) is 36.9 Å². The molecule has 2 aliphatic heterocycles. The van der Waals surface area contributed by atoms with E-state index >= 15 is 0 Å². The number of nitrogens with two attached hydrogens (primary N) is 1. The topological polar surface area (TPSA) is 83.3 Å². The van der Waals surface area contributed by atoms with Crippen LogP contribution in [0.15, 0.2) is 30.3 Å². The van der Waals surface area contributed by atoms with Crippen molar-refractivity contribution in [3.05, 3.63) is 35.9 Å². The molecular weight excluding hydrogens is 274 g/mol. The summed E-state index contributed by atoms with van der Waals surface area (Å²) in [7, 11) is 1.58. The van der Waals surface area contributed by atoms with Crippen molar-refractivity contribution in [3.8, 4) is 0 Å². The van der Waals surface area contributed by atoms with Crippen molar-refractivity contribution >= 4 is 6.09 Å². The molecule has 0 saturated carbocycles. The molecule has 0 bridgehead atoms. The molecule has 5 atom stereocenters. The molecule has 2 aliphatic rings. The lowest BCUT2D eigenvalue weighted by atomic mass is 9.98. The number of hydrogen-bond acceptors (Lipinski definition) is 5. The highest BCUT2D eigenvalue weighted by Crippen LogP contribution is 2.37. The van der Waals surface area contributed by atoms with Crippen LogP contribution in [0.5, 0.6) is 0 Å². The molecule has 2 fully saturated rings. The highest BCUT2D eigenvalue weighted by Gasteiger charge is 2.56. The molecular formula is C15H19NO5. The van der Waals surface area contributed by atoms with Crippen molar-refractivity contribution in [2.24, 2.45) is 5.73 Å². The van der Waals surface area contributed by atoms with Gasteiger partial charge in [0.25, 0.3) is 0 Å². The number of carbonyl (C=O) groups is 1. The Bertz CT molecular complexity index is 494. The van der Waals surface area contributed by atoms with Gasteiger partial charge in [-0.3, -0.25) is 0 Å². The van der Waals surface area contributed by atoms with E-state index in [9.17, 15) is 4.79 Å². The predicted molar refractivity (Wildman–Crippen MR) is 73.8 cm³/mol. The summed E-state index contributed by atoms with van der Waals surface area (Å²) in [5.74, 6) is 0. The quantitative estimate of drug-likeness (QED) is 0.787. The summed E-state index contributed by atoms with van der Waals surface area (Å²) in [6.07, 6.45) is -1.27. The maximum Gasteiger partial charge on any atom is 0.404 e. The normalized spacial score (nSPS) is 29.5. The van der Waals surface area contributed by atoms with Crippen LogP contribution < -0.4 is 5.73 Å². The van der Waals surface area contributed by atoms with Crippen LogP contribution in [0.1, 0.15) is 5.56 Å². The smallest absolute Gasteiger partial charge is 0.404 e. The van der Waals surface area contributed by atoms with E-state index in [0.29, 0.717) is 13.0 Å². The third-order valence-electron chi connectivity index (χ3n) is 3.91. The van der Waals surface area contributed by atoms with E-state index in [4.69, 9.17) is 24.7 Å². The Hall–Kier alpha value is -1.63. The Labute approximate surface area is 123 Å². The average Bonchev–Trinajstić information content (AvgIpc) is 3.14. The molecule has 1 aromatic carbocycles. The van der Waals surface area contributed by atoms with Gasteiger partial charge in [0.05, 0.1) is 6.61 Å². The Morgan fingerprint density at radius 3 is 2.71 bits per heavy atom. The zero-order chi connectivity index (χ0) is 14.8. The number of carbonyl (C=O) groups excluding carboxylic acids is 1. The third kappa shape index (κ3) is 3.18. The number of ether oxygens (including phenoxy) is 4. The van der Waals surface area contributed by atoms with Gasteiger partial charge in [-0.1, -0.05) is 30.3 Å². The molecule has 2 saturated heterocycles. The van der Waals surface area contributed by atoms with Gasteiger partial charge in [0.15, 0.2) is 0 Å². The first kappa shape index (κ1) is 14.3. The van der Waals surface area contributed by atoms with Gasteiger partial charge in [-0.15, -0.1) is 0 Å². The highest BCUT2D eigenvalue weighted by molar-refractivity contribution is 5.64. The zero-order valence-corrected chi connectivity index (χ0v) is 11.8. The molecule has 0 aliphatic carbocycles. The molecule has 114 valence electrons. The van der Waals surface area contributed by atoms with Crippen molar-refractivity contribution in [1.82, 2.24) is 0 Å². The molecule has 21 heavy (non-hydrogen) atoms. The van der Waals surface area contributed by atoms with Crippen LogP contribution in [0.25, 0.3) is 0 Å². The first-order chi connectivity index (χ1) is 10.2. The monoisotopic (exact) mass is 293 g/mol. The molecule has 6 nitrogen and oxygen atoms in total. The predicted octanol–water partition coefficient (Wildman–Crippen LogP) is 0.874. The Morgan fingerprint density at radius 2 is 2.19 bits per heavy atom. The van der Waals surface area contributed by atoms with Crippen molar-refractivity contribution < 1.29 is 23.7 Å². The standard InChI is InChI=1S/C15H19NO5/c1-18-12(14-13-11(20-13)8-19-14)10(21-15(16)17)7-9-5-3-2-4-6-9/h2-6,10-14H,7-8H2,1H3,(H2,16,17)/t10-,11-,12?,13-,14+/m0/s1. The van der Waals surface area contributed by atoms with Gasteiger partial charge >= 0.3 is 6.09 Å². The summed E-state index contributed by atoms with van der Waals surface area (Å²) in [4.78, 5) is 11.2. The second kappa shape index (κ2) is 6.01. The van der Waals surface area contributed by atoms with Gasteiger partial charge in [-0.2, -0.15) is 0 Å². The van der Waals surface area contributed by atoms with Crippen molar-refractivity contribution in [3.63, 3.8) is 0 Å². The number of fused-ring (bicyclic) bond motifs is 1. The van der Waals surface area contributed by atoms with E-state index in [-0.39, 0.29) is 18.3 Å². The summed E-state index contributed by atoms with van der Waals surface area (Å²) in [5.41, 5.74) is 6.23. The number of rotatable bonds is 6. The number of epoxide rings is 1. The molecule has 1 aromatic rings. The average molecular weight is 293 g/mol. The van der Waals surface area contributed by atoms with Gasteiger partial charge in [0.1, 0.15) is 30.5 Å². The van der Waals surface area contributed by atoms with Gasteiger partial charge in [-0.05, 0) is 5.56 Å². The largest absolute Gasteiger partial charge is 0.443 e. The first-order valence-electron chi connectivity index (χ1n) is 6.99. The second-order valence-corrected chi connectivity index (χ2v) is 5.30. The minimum atomic E-state index is -0.816. The Balaban J connectivity index is 1.74. The number of amides is 1. The van der Waals surface area contributed by atoms with Gasteiger partial charge in [0, 0.05) is 13.5 Å². The van der Waals surface area contributed by atoms with E-state index in [0.717, 1.165) is 5.56 Å². The fourth-order valence-corrected chi connectivity index (χ4v) is 2.88. The van der Waals surface area contributed by atoms with Crippen LogP contribution in [0.2, 0.25) is 0 Å². The third-order valence-corrected chi connectivity index (χ3v) is 3.91. The summed E-state index contributed by atoms with van der Waals surface area (Å²) in [6.45, 7) is 0.559. The number of hydrogen-bond donors (Lipinski definition) is 1. The van der Waals surface area contributed by atoms with Gasteiger partial charge in [0.2, 0.25) is 0 Å². The SMILES string of the molecule is COC([C@H](Cc1ccccc1)OC(N)=O)[C@H]1OC[C@@H]2O[C@@H]21. The Kier molecular flexibility index (Phi) is 4.10. The maximum atomic E-state index is 11.2. The van der Waals surface area contributed by atoms with Crippen LogP contribution in [0, 0.1) is 0 Å². The number of primary amides is 1. The first-order valence-corrected chi connectivity index (χ1v) is 6.99. The molecule has 0 aromatic heterocycles. The molecule has 2 heterocycles. The van der Waals surface area contributed by atoms with Crippen LogP contribution in [-0.2, 0) is 25.4 Å². The van der Waals surface area contributed by atoms with Gasteiger partial charge in [-0.25, -0.2) is 4.79 Å². The summed E-state index contributed by atoms with van der Waals surface area (Å²) >= 11 is 0. The lowest BCUT2D eigenvalue weighted by molar-refractivity contribution is -0.112. The van der Waals surface area contributed by atoms with E-state index in [1.54, 1.807) is 7.11 Å². The van der Waals surface area contributed by atoms with E-state index in [1.807, 2.05) is 30.3 Å². The fraction of sp³-hybridized carbons (Fsp3) is 0.533. The fourth-order valence-electron chi connectivity index (χ4n) is 2.88. The zero-order valence-electron chi connectivity index (χ0n) is 11.8. The molecule has 0 radical (unpaired) electrons. The van der Waals surface area contributed by atoms with Crippen LogP contribution >= 0.6 is 0 Å². The maximum absolute atomic E-state index is 11.2. The summed E-state index contributed by atoms with van der Waals surface area (Å²) in [5, 5.41) is 0. The van der Waals surface area contributed by atoms with Crippen LogP contribution in [0.3, 0.4) is 0 Å². The molecule has 2 N–H and O–H groups in total. The molecule has 1 unspecified atom stereocenters. The second-order valence-electron chi connectivity index (χ2n) is 5.30. The summed E-state index contributed by atoms with van der Waals surface area (Å²) < 4.78 is 22.0. The summed E-state index contributed by atoms with van der Waals surface area (Å²) in [6, 6.07) is 9.74. The van der Waals surface area contributed by atoms with Crippen LogP contribution in [-0.4, -0.2) is 50.3 Å². The minimum Gasteiger partial charge on any atom is -0.443 e. The van der Waals surface area contributed by atoms with Crippen LogP contribution in [0.4, 0.5) is 4.79 Å². The molecule has 6 heteroatoms. The minimum absolute atomic E-state index is 0.0321. The molecule has 3 rings (SSSR count). The van der Waals surface area contributed by atoms with Crippen molar-refractivity contribution in [2.75, 3.05) is 13.7 Å². The highest BCUT2D eigenvalue weighted by atomic mass is 16.7. The van der Waals surface area contributed by atoms with E-state index in [2.05, 4.69) is 0 Å². The molecule has 1 amide bonds. The molecule has 0 spiro atoms. The van der Waals surface area contributed by atoms with E-state index in [1.165, 1.54) is 0 Å². The lowest BCUT2D eigenvalue weighted by Crippen LogP contribution is -2.46. The number of methoxy groups -OCH3 is 1. The Morgan fingerprint density at radius 1 is 1.43 bits per heavy atom. The van der Waals surface area contributed by atoms with Gasteiger partial charge < -0.3 is 24.7 Å². The van der Waals surface area contributed by atoms with E-state index < -0.39 is 18.3 Å². The lowest BCUT2D eigenvalue weighted by Gasteiger charge is -2.29. The number of benzene rings is 1.